The Balaban J connectivity index is 1.25. The lowest BCUT2D eigenvalue weighted by atomic mass is 9.61. The number of nitrogens with zero attached hydrogens (tertiary/aromatic N) is 1. The Kier molecular flexibility index (Phi) is 4.55. The number of methoxy groups -OCH3 is 1. The smallest absolute Gasteiger partial charge is 0.308 e. The van der Waals surface area contributed by atoms with Crippen LogP contribution in [0.2, 0.25) is 0 Å². The lowest BCUT2D eigenvalue weighted by Crippen LogP contribution is -2.51. The molecule has 0 radical (unpaired) electrons. The Labute approximate surface area is 150 Å². The Bertz CT molecular complexity index is 514. The van der Waals surface area contributed by atoms with Crippen LogP contribution in [0.3, 0.4) is 0 Å². The van der Waals surface area contributed by atoms with E-state index in [2.05, 4.69) is 4.90 Å². The van der Waals surface area contributed by atoms with Crippen LogP contribution in [-0.2, 0) is 19.1 Å². The summed E-state index contributed by atoms with van der Waals surface area (Å²) in [4.78, 5) is 26.6. The van der Waals surface area contributed by atoms with Gasteiger partial charge in [-0.2, -0.15) is 0 Å². The molecule has 4 fully saturated rings. The molecule has 2 saturated heterocycles. The van der Waals surface area contributed by atoms with Gasteiger partial charge in [-0.05, 0) is 68.6 Å². The first kappa shape index (κ1) is 17.3. The van der Waals surface area contributed by atoms with Crippen molar-refractivity contribution in [3.8, 4) is 0 Å². The van der Waals surface area contributed by atoms with Crippen LogP contribution in [0.4, 0.5) is 0 Å². The monoisotopic (exact) mass is 349 g/mol. The fourth-order valence-electron chi connectivity index (χ4n) is 5.72. The van der Waals surface area contributed by atoms with Gasteiger partial charge in [0.15, 0.2) is 0 Å². The van der Waals surface area contributed by atoms with Gasteiger partial charge in [0.05, 0.1) is 19.6 Å². The summed E-state index contributed by atoms with van der Waals surface area (Å²) in [6, 6.07) is 0. The summed E-state index contributed by atoms with van der Waals surface area (Å²) in [6.07, 6.45) is 9.54. The predicted octanol–water partition coefficient (Wildman–Crippen LogP) is 2.78. The number of rotatable bonds is 2. The van der Waals surface area contributed by atoms with Crippen LogP contribution in [-0.4, -0.2) is 50.2 Å². The molecule has 0 bridgehead atoms. The first-order chi connectivity index (χ1) is 12.0. The second kappa shape index (κ2) is 6.57. The highest BCUT2D eigenvalue weighted by molar-refractivity contribution is 5.80. The van der Waals surface area contributed by atoms with Gasteiger partial charge in [0.25, 0.3) is 0 Å². The summed E-state index contributed by atoms with van der Waals surface area (Å²) in [5, 5.41) is 0. The van der Waals surface area contributed by atoms with E-state index in [1.165, 1.54) is 7.11 Å². The molecule has 2 aliphatic heterocycles. The molecule has 25 heavy (non-hydrogen) atoms. The fraction of sp³-hybridized carbons (Fsp3) is 0.900. The minimum Gasteiger partial charge on any atom is -0.469 e. The quantitative estimate of drug-likeness (QED) is 0.720. The minimum atomic E-state index is -0.0442. The van der Waals surface area contributed by atoms with Crippen LogP contribution < -0.4 is 0 Å². The van der Waals surface area contributed by atoms with Crippen LogP contribution in [0.15, 0.2) is 0 Å². The van der Waals surface area contributed by atoms with Crippen LogP contribution in [0.1, 0.15) is 57.8 Å². The highest BCUT2D eigenvalue weighted by Gasteiger charge is 2.51. The van der Waals surface area contributed by atoms with Crippen molar-refractivity contribution in [3.05, 3.63) is 0 Å². The minimum absolute atomic E-state index is 0.0442. The maximum atomic E-state index is 12.8. The standard InChI is InChI=1S/C20H31NO4/c1-24-18(23)15-2-4-19(5-3-15)6-9-21(10-7-19)17(22)16-12-20(13-16)8-11-25-14-20/h15-16H,2-14H2,1H3. The Morgan fingerprint density at radius 2 is 1.64 bits per heavy atom. The molecule has 2 saturated carbocycles. The molecular formula is C20H31NO4. The summed E-state index contributed by atoms with van der Waals surface area (Å²) < 4.78 is 10.4. The van der Waals surface area contributed by atoms with Crippen molar-refractivity contribution in [3.63, 3.8) is 0 Å². The van der Waals surface area contributed by atoms with Crippen molar-refractivity contribution in [1.29, 1.82) is 0 Å². The normalized spacial score (nSPS) is 31.1. The van der Waals surface area contributed by atoms with Crippen LogP contribution >= 0.6 is 0 Å². The van der Waals surface area contributed by atoms with Crippen LogP contribution in [0.25, 0.3) is 0 Å². The van der Waals surface area contributed by atoms with Gasteiger partial charge in [-0.3, -0.25) is 9.59 Å². The van der Waals surface area contributed by atoms with E-state index in [0.29, 0.717) is 16.7 Å². The third kappa shape index (κ3) is 3.20. The third-order valence-corrected chi connectivity index (χ3v) is 7.61. The van der Waals surface area contributed by atoms with E-state index in [-0.39, 0.29) is 17.8 Å². The van der Waals surface area contributed by atoms with Gasteiger partial charge in [-0.15, -0.1) is 0 Å². The van der Waals surface area contributed by atoms with Gasteiger partial charge in [-0.1, -0.05) is 0 Å². The van der Waals surface area contributed by atoms with E-state index in [4.69, 9.17) is 9.47 Å². The second-order valence-electron chi connectivity index (χ2n) is 9.03. The van der Waals surface area contributed by atoms with Crippen molar-refractivity contribution in [1.82, 2.24) is 4.90 Å². The van der Waals surface area contributed by atoms with Crippen molar-refractivity contribution in [2.24, 2.45) is 22.7 Å². The molecule has 4 aliphatic rings. The number of carbonyl (C=O) groups excluding carboxylic acids is 2. The van der Waals surface area contributed by atoms with E-state index in [9.17, 15) is 9.59 Å². The second-order valence-corrected chi connectivity index (χ2v) is 9.03. The number of piperidine rings is 1. The number of carbonyl (C=O) groups is 2. The molecule has 0 N–H and O–H groups in total. The van der Waals surface area contributed by atoms with E-state index >= 15 is 0 Å². The molecule has 0 aromatic heterocycles. The zero-order valence-electron chi connectivity index (χ0n) is 15.4. The number of hydrogen-bond acceptors (Lipinski definition) is 4. The number of likely N-dealkylation sites (tertiary alicyclic amines) is 1. The largest absolute Gasteiger partial charge is 0.469 e. The van der Waals surface area contributed by atoms with Gasteiger partial charge < -0.3 is 14.4 Å². The van der Waals surface area contributed by atoms with Crippen molar-refractivity contribution < 1.29 is 19.1 Å². The highest BCUT2D eigenvalue weighted by atomic mass is 16.5. The number of hydrogen-bond donors (Lipinski definition) is 0. The van der Waals surface area contributed by atoms with E-state index in [1.54, 1.807) is 0 Å². The summed E-state index contributed by atoms with van der Waals surface area (Å²) in [5.41, 5.74) is 0.699. The van der Waals surface area contributed by atoms with Gasteiger partial charge in [0, 0.05) is 25.6 Å². The number of esters is 1. The molecule has 2 spiro atoms. The Morgan fingerprint density at radius 1 is 0.960 bits per heavy atom. The van der Waals surface area contributed by atoms with E-state index < -0.39 is 0 Å². The zero-order chi connectivity index (χ0) is 17.5. The van der Waals surface area contributed by atoms with E-state index in [0.717, 1.165) is 84.1 Å². The molecule has 140 valence electrons. The molecule has 0 atom stereocenters. The Hall–Kier alpha value is -1.10. The van der Waals surface area contributed by atoms with Crippen molar-refractivity contribution >= 4 is 11.9 Å². The van der Waals surface area contributed by atoms with Gasteiger partial charge >= 0.3 is 5.97 Å². The summed E-state index contributed by atoms with van der Waals surface area (Å²) in [5.74, 6) is 0.675. The summed E-state index contributed by atoms with van der Waals surface area (Å²) >= 11 is 0. The summed E-state index contributed by atoms with van der Waals surface area (Å²) in [7, 11) is 1.49. The van der Waals surface area contributed by atoms with Crippen molar-refractivity contribution in [2.45, 2.75) is 57.8 Å². The number of amides is 1. The van der Waals surface area contributed by atoms with Crippen LogP contribution in [0.5, 0.6) is 0 Å². The molecule has 2 heterocycles. The molecule has 0 aromatic carbocycles. The number of ether oxygens (including phenoxy) is 2. The lowest BCUT2D eigenvalue weighted by molar-refractivity contribution is -0.148. The average molecular weight is 349 g/mol. The average Bonchev–Trinajstić information content (AvgIpc) is 3.11. The van der Waals surface area contributed by atoms with Crippen LogP contribution in [0, 0.1) is 22.7 Å². The van der Waals surface area contributed by atoms with Gasteiger partial charge in [0.1, 0.15) is 0 Å². The first-order valence-corrected chi connectivity index (χ1v) is 9.99. The molecule has 4 rings (SSSR count). The van der Waals surface area contributed by atoms with Gasteiger partial charge in [0.2, 0.25) is 5.91 Å². The molecule has 5 heteroatoms. The Morgan fingerprint density at radius 3 is 2.20 bits per heavy atom. The van der Waals surface area contributed by atoms with E-state index in [1.807, 2.05) is 0 Å². The SMILES string of the molecule is COC(=O)C1CCC2(CC1)CCN(C(=O)C1CC3(CCOC3)C1)CC2. The fourth-order valence-corrected chi connectivity index (χ4v) is 5.72. The third-order valence-electron chi connectivity index (χ3n) is 7.61. The first-order valence-electron chi connectivity index (χ1n) is 9.99. The molecule has 2 aliphatic carbocycles. The predicted molar refractivity (Wildman–Crippen MR) is 92.8 cm³/mol. The molecular weight excluding hydrogens is 318 g/mol. The topological polar surface area (TPSA) is 55.8 Å². The van der Waals surface area contributed by atoms with Crippen molar-refractivity contribution in [2.75, 3.05) is 33.4 Å². The lowest BCUT2D eigenvalue weighted by Gasteiger charge is -2.49. The molecule has 0 aromatic rings. The molecule has 5 nitrogen and oxygen atoms in total. The zero-order valence-corrected chi connectivity index (χ0v) is 15.4. The maximum absolute atomic E-state index is 12.8. The highest BCUT2D eigenvalue weighted by Crippen LogP contribution is 2.52. The molecule has 1 amide bonds. The maximum Gasteiger partial charge on any atom is 0.308 e. The summed E-state index contributed by atoms with van der Waals surface area (Å²) in [6.45, 7) is 3.55. The molecule has 0 unspecified atom stereocenters. The van der Waals surface area contributed by atoms with Gasteiger partial charge in [-0.25, -0.2) is 0 Å².